The molecule has 4 rings (SSSR count). The van der Waals surface area contributed by atoms with Crippen LogP contribution in [0, 0.1) is 11.6 Å². The number of halogens is 2. The number of aliphatic hydroxyl groups is 1. The SMILES string of the molecule is CN(C)Cc1ccc2c(c1)C(NC[C@H](O)[C@H](Cc1cc(F)cc(F)c1)N(C(=O)O)c1ccccc1)COC2. The first-order chi connectivity index (χ1) is 18.2. The summed E-state index contributed by atoms with van der Waals surface area (Å²) in [6, 6.07) is 16.4. The second-order valence-electron chi connectivity index (χ2n) is 9.85. The van der Waals surface area contributed by atoms with Crippen LogP contribution in [0.4, 0.5) is 19.3 Å². The fraction of sp³-hybridized carbons (Fsp3) is 0.345. The van der Waals surface area contributed by atoms with Crippen molar-refractivity contribution >= 4 is 11.8 Å². The molecular formula is C29H33F2N3O4. The number of nitrogens with one attached hydrogen (secondary N) is 1. The zero-order chi connectivity index (χ0) is 27.2. The molecule has 1 amide bonds. The van der Waals surface area contributed by atoms with E-state index in [-0.39, 0.29) is 24.6 Å². The highest BCUT2D eigenvalue weighted by atomic mass is 19.1. The zero-order valence-electron chi connectivity index (χ0n) is 21.5. The van der Waals surface area contributed by atoms with Gasteiger partial charge in [-0.1, -0.05) is 36.4 Å². The van der Waals surface area contributed by atoms with Crippen molar-refractivity contribution in [2.45, 2.75) is 37.8 Å². The van der Waals surface area contributed by atoms with E-state index in [4.69, 9.17) is 4.74 Å². The Morgan fingerprint density at radius 3 is 2.42 bits per heavy atom. The molecule has 0 bridgehead atoms. The molecule has 3 aromatic carbocycles. The summed E-state index contributed by atoms with van der Waals surface area (Å²) in [5.41, 5.74) is 3.86. The van der Waals surface area contributed by atoms with Crippen LogP contribution in [0.5, 0.6) is 0 Å². The Kier molecular flexibility index (Phi) is 9.06. The summed E-state index contributed by atoms with van der Waals surface area (Å²) in [4.78, 5) is 15.5. The number of nitrogens with zero attached hydrogens (tertiary/aromatic N) is 2. The molecular weight excluding hydrogens is 492 g/mol. The van der Waals surface area contributed by atoms with E-state index >= 15 is 0 Å². The van der Waals surface area contributed by atoms with Gasteiger partial charge in [-0.3, -0.25) is 4.90 Å². The van der Waals surface area contributed by atoms with E-state index in [0.717, 1.165) is 46.3 Å². The van der Waals surface area contributed by atoms with Gasteiger partial charge in [0.05, 0.1) is 31.4 Å². The number of fused-ring (bicyclic) bond motifs is 1. The molecule has 0 fully saturated rings. The first-order valence-corrected chi connectivity index (χ1v) is 12.5. The fourth-order valence-corrected chi connectivity index (χ4v) is 4.91. The molecule has 38 heavy (non-hydrogen) atoms. The average Bonchev–Trinajstić information content (AvgIpc) is 2.86. The van der Waals surface area contributed by atoms with Crippen molar-refractivity contribution in [3.63, 3.8) is 0 Å². The van der Waals surface area contributed by atoms with Gasteiger partial charge in [-0.25, -0.2) is 13.6 Å². The number of carboxylic acid groups (broad SMARTS) is 1. The van der Waals surface area contributed by atoms with Crippen LogP contribution >= 0.6 is 0 Å². The summed E-state index contributed by atoms with van der Waals surface area (Å²) in [5.74, 6) is -1.53. The number of ether oxygens (including phenoxy) is 1. The predicted molar refractivity (Wildman–Crippen MR) is 141 cm³/mol. The van der Waals surface area contributed by atoms with Gasteiger partial charge < -0.3 is 25.2 Å². The van der Waals surface area contributed by atoms with Gasteiger partial charge >= 0.3 is 6.09 Å². The summed E-state index contributed by atoms with van der Waals surface area (Å²) >= 11 is 0. The normalized spacial score (nSPS) is 16.6. The van der Waals surface area contributed by atoms with Crippen LogP contribution in [0.3, 0.4) is 0 Å². The molecule has 9 heteroatoms. The summed E-state index contributed by atoms with van der Waals surface area (Å²) in [6.07, 6.45) is -2.58. The van der Waals surface area contributed by atoms with Gasteiger partial charge in [0.1, 0.15) is 11.6 Å². The highest BCUT2D eigenvalue weighted by Crippen LogP contribution is 2.27. The Labute approximate surface area is 221 Å². The van der Waals surface area contributed by atoms with Gasteiger partial charge in [0.15, 0.2) is 0 Å². The van der Waals surface area contributed by atoms with Crippen LogP contribution in [-0.2, 0) is 24.3 Å². The van der Waals surface area contributed by atoms with Crippen molar-refractivity contribution in [2.24, 2.45) is 0 Å². The Morgan fingerprint density at radius 1 is 1.05 bits per heavy atom. The lowest BCUT2D eigenvalue weighted by atomic mass is 9.95. The predicted octanol–water partition coefficient (Wildman–Crippen LogP) is 4.34. The van der Waals surface area contributed by atoms with Crippen LogP contribution < -0.4 is 10.2 Å². The highest BCUT2D eigenvalue weighted by Gasteiger charge is 2.32. The number of rotatable bonds is 10. The Bertz CT molecular complexity index is 1220. The van der Waals surface area contributed by atoms with Gasteiger partial charge in [-0.2, -0.15) is 0 Å². The topological polar surface area (TPSA) is 85.3 Å². The average molecular weight is 526 g/mol. The lowest BCUT2D eigenvalue weighted by molar-refractivity contribution is 0.0717. The second-order valence-corrected chi connectivity index (χ2v) is 9.85. The smallest absolute Gasteiger partial charge is 0.412 e. The number of hydrogen-bond acceptors (Lipinski definition) is 5. The summed E-state index contributed by atoms with van der Waals surface area (Å²) in [7, 11) is 4.00. The van der Waals surface area contributed by atoms with E-state index in [1.165, 1.54) is 0 Å². The molecule has 0 radical (unpaired) electrons. The summed E-state index contributed by atoms with van der Waals surface area (Å²) in [6.45, 7) is 1.70. The molecule has 1 heterocycles. The third-order valence-corrected chi connectivity index (χ3v) is 6.58. The minimum atomic E-state index is -1.28. The van der Waals surface area contributed by atoms with Crippen molar-refractivity contribution in [1.29, 1.82) is 0 Å². The molecule has 1 aliphatic rings. The number of amides is 1. The fourth-order valence-electron chi connectivity index (χ4n) is 4.91. The molecule has 0 saturated carbocycles. The lowest BCUT2D eigenvalue weighted by Crippen LogP contribution is -2.52. The van der Waals surface area contributed by atoms with E-state index in [1.54, 1.807) is 30.3 Å². The lowest BCUT2D eigenvalue weighted by Gasteiger charge is -2.35. The van der Waals surface area contributed by atoms with E-state index in [2.05, 4.69) is 22.3 Å². The largest absolute Gasteiger partial charge is 0.465 e. The van der Waals surface area contributed by atoms with E-state index < -0.39 is 29.9 Å². The molecule has 7 nitrogen and oxygen atoms in total. The molecule has 3 atom stereocenters. The molecule has 202 valence electrons. The van der Waals surface area contributed by atoms with E-state index in [1.807, 2.05) is 20.2 Å². The van der Waals surface area contributed by atoms with Crippen LogP contribution in [0.15, 0.2) is 66.7 Å². The van der Waals surface area contributed by atoms with Gasteiger partial charge in [-0.05, 0) is 67.0 Å². The van der Waals surface area contributed by atoms with Crippen LogP contribution in [-0.4, -0.2) is 60.6 Å². The van der Waals surface area contributed by atoms with Gasteiger partial charge in [0.2, 0.25) is 0 Å². The highest BCUT2D eigenvalue weighted by molar-refractivity contribution is 5.87. The number of benzene rings is 3. The van der Waals surface area contributed by atoms with Crippen molar-refractivity contribution in [1.82, 2.24) is 10.2 Å². The molecule has 0 spiro atoms. The molecule has 0 aromatic heterocycles. The maximum atomic E-state index is 13.9. The van der Waals surface area contributed by atoms with Gasteiger partial charge in [0.25, 0.3) is 0 Å². The van der Waals surface area contributed by atoms with Crippen LogP contribution in [0.25, 0.3) is 0 Å². The molecule has 1 unspecified atom stereocenters. The summed E-state index contributed by atoms with van der Waals surface area (Å²) < 4.78 is 33.6. The van der Waals surface area contributed by atoms with Crippen molar-refractivity contribution < 1.29 is 28.5 Å². The molecule has 3 N–H and O–H groups in total. The Balaban J connectivity index is 1.59. The number of para-hydroxylation sites is 1. The first kappa shape index (κ1) is 27.7. The molecule has 0 saturated heterocycles. The van der Waals surface area contributed by atoms with E-state index in [9.17, 15) is 23.8 Å². The maximum absolute atomic E-state index is 13.9. The van der Waals surface area contributed by atoms with Gasteiger partial charge in [-0.15, -0.1) is 0 Å². The number of aliphatic hydroxyl groups excluding tert-OH is 1. The monoisotopic (exact) mass is 525 g/mol. The summed E-state index contributed by atoms with van der Waals surface area (Å²) in [5, 5.41) is 24.8. The van der Waals surface area contributed by atoms with E-state index in [0.29, 0.717) is 18.9 Å². The van der Waals surface area contributed by atoms with Gasteiger partial charge in [0, 0.05) is 24.8 Å². The molecule has 3 aromatic rings. The third kappa shape index (κ3) is 6.93. The standard InChI is InChI=1S/C29H33F2N3O4/c1-33(2)16-19-8-9-21-17-38-18-26(25(21)12-19)32-15-28(35)27(13-20-10-22(30)14-23(31)11-20)34(29(36)37)24-6-4-3-5-7-24/h3-12,14,26-28,32,35H,13,15-18H2,1-2H3,(H,36,37)/t26?,27-,28-/m0/s1. The number of hydrogen-bond donors (Lipinski definition) is 3. The van der Waals surface area contributed by atoms with Crippen LogP contribution in [0.2, 0.25) is 0 Å². The minimum absolute atomic E-state index is 0.0322. The second kappa shape index (κ2) is 12.4. The van der Waals surface area contributed by atoms with Crippen molar-refractivity contribution in [2.75, 3.05) is 32.1 Å². The number of carbonyl (C=O) groups is 1. The van der Waals surface area contributed by atoms with Crippen molar-refractivity contribution in [3.05, 3.63) is 101 Å². The van der Waals surface area contributed by atoms with Crippen molar-refractivity contribution in [3.8, 4) is 0 Å². The Morgan fingerprint density at radius 2 is 1.76 bits per heavy atom. The number of anilines is 1. The molecule has 1 aliphatic heterocycles. The third-order valence-electron chi connectivity index (χ3n) is 6.58. The minimum Gasteiger partial charge on any atom is -0.465 e. The van der Waals surface area contributed by atoms with Crippen LogP contribution in [0.1, 0.15) is 28.3 Å². The quantitative estimate of drug-likeness (QED) is 0.365. The molecule has 0 aliphatic carbocycles. The Hall–Kier alpha value is -3.37. The maximum Gasteiger partial charge on any atom is 0.412 e. The zero-order valence-corrected chi connectivity index (χ0v) is 21.5. The first-order valence-electron chi connectivity index (χ1n) is 12.5.